The van der Waals surface area contributed by atoms with Crippen molar-refractivity contribution in [3.8, 4) is 0 Å². The van der Waals surface area contributed by atoms with Crippen molar-refractivity contribution in [2.24, 2.45) is 0 Å². The van der Waals surface area contributed by atoms with E-state index in [9.17, 15) is 14.4 Å². The number of carboxylic acids is 1. The zero-order valence-corrected chi connectivity index (χ0v) is 11.8. The van der Waals surface area contributed by atoms with Crippen LogP contribution in [0.15, 0.2) is 47.4 Å². The van der Waals surface area contributed by atoms with Gasteiger partial charge < -0.3 is 15.3 Å². The van der Waals surface area contributed by atoms with Crippen LogP contribution in [-0.2, 0) is 4.79 Å². The third-order valence-electron chi connectivity index (χ3n) is 2.88. The average Bonchev–Trinajstić information content (AvgIpc) is 2.48. The maximum absolute atomic E-state index is 11.8. The number of rotatable bonds is 5. The van der Waals surface area contributed by atoms with Crippen molar-refractivity contribution in [3.63, 3.8) is 0 Å². The molecule has 2 rings (SSSR count). The third kappa shape index (κ3) is 3.72. The van der Waals surface area contributed by atoms with Crippen molar-refractivity contribution in [3.05, 3.63) is 64.1 Å². The Bertz CT molecular complexity index is 767. The van der Waals surface area contributed by atoms with Gasteiger partial charge in [-0.3, -0.25) is 9.59 Å². The summed E-state index contributed by atoms with van der Waals surface area (Å²) >= 11 is 0. The first-order valence-corrected chi connectivity index (χ1v) is 6.42. The van der Waals surface area contributed by atoms with Crippen LogP contribution in [0, 0.1) is 6.92 Å². The highest BCUT2D eigenvalue weighted by Gasteiger charge is 2.09. The topological polar surface area (TPSA) is 97.6 Å². The van der Waals surface area contributed by atoms with Gasteiger partial charge in [0.1, 0.15) is 0 Å². The van der Waals surface area contributed by atoms with E-state index < -0.39 is 24.0 Å². The van der Waals surface area contributed by atoms with Crippen molar-refractivity contribution in [2.45, 2.75) is 6.92 Å². The largest absolute Gasteiger partial charge is 0.478 e. The Morgan fingerprint density at radius 2 is 1.95 bits per heavy atom. The predicted octanol–water partition coefficient (Wildman–Crippen LogP) is 0.922. The number of aryl methyl sites for hydroxylation is 1. The van der Waals surface area contributed by atoms with Gasteiger partial charge in [0, 0.05) is 11.8 Å². The van der Waals surface area contributed by atoms with E-state index in [4.69, 9.17) is 9.94 Å². The highest BCUT2D eigenvalue weighted by molar-refractivity contribution is 5.92. The zero-order chi connectivity index (χ0) is 16.1. The molecule has 114 valence electrons. The Kier molecular flexibility index (Phi) is 4.57. The van der Waals surface area contributed by atoms with Crippen molar-refractivity contribution in [2.75, 3.05) is 11.9 Å². The van der Waals surface area contributed by atoms with Gasteiger partial charge in [0.15, 0.2) is 6.61 Å². The normalized spacial score (nSPS) is 10.0. The van der Waals surface area contributed by atoms with E-state index in [-0.39, 0.29) is 5.56 Å². The van der Waals surface area contributed by atoms with Gasteiger partial charge in [0.05, 0.1) is 11.8 Å². The number of para-hydroxylation sites is 1. The second-order valence-electron chi connectivity index (χ2n) is 4.52. The van der Waals surface area contributed by atoms with Gasteiger partial charge in [-0.25, -0.2) is 4.79 Å². The van der Waals surface area contributed by atoms with Gasteiger partial charge >= 0.3 is 5.97 Å². The number of carbonyl (C=O) groups excluding carboxylic acids is 1. The lowest BCUT2D eigenvalue weighted by atomic mass is 10.2. The van der Waals surface area contributed by atoms with Crippen molar-refractivity contribution >= 4 is 17.6 Å². The third-order valence-corrected chi connectivity index (χ3v) is 2.88. The first kappa shape index (κ1) is 15.3. The van der Waals surface area contributed by atoms with Crippen LogP contribution in [0.25, 0.3) is 0 Å². The first-order valence-electron chi connectivity index (χ1n) is 6.42. The lowest BCUT2D eigenvalue weighted by Crippen LogP contribution is -2.32. The van der Waals surface area contributed by atoms with Crippen LogP contribution in [0.3, 0.4) is 0 Å². The molecule has 0 aliphatic heterocycles. The van der Waals surface area contributed by atoms with Gasteiger partial charge in [-0.2, -0.15) is 4.73 Å². The van der Waals surface area contributed by atoms with Gasteiger partial charge in [0.2, 0.25) is 0 Å². The summed E-state index contributed by atoms with van der Waals surface area (Å²) in [6.45, 7) is 1.43. The Morgan fingerprint density at radius 3 is 2.64 bits per heavy atom. The number of pyridine rings is 1. The number of anilines is 1. The summed E-state index contributed by atoms with van der Waals surface area (Å²) in [7, 11) is 0. The number of aromatic carboxylic acids is 1. The molecule has 0 saturated carbocycles. The number of carbonyl (C=O) groups is 2. The quantitative estimate of drug-likeness (QED) is 0.856. The number of hydrogen-bond donors (Lipinski definition) is 2. The van der Waals surface area contributed by atoms with E-state index in [2.05, 4.69) is 5.32 Å². The summed E-state index contributed by atoms with van der Waals surface area (Å²) in [4.78, 5) is 39.2. The highest BCUT2D eigenvalue weighted by Crippen LogP contribution is 2.12. The number of benzene rings is 1. The van der Waals surface area contributed by atoms with E-state index in [1.807, 2.05) is 19.1 Å². The monoisotopic (exact) mass is 302 g/mol. The summed E-state index contributed by atoms with van der Waals surface area (Å²) in [6.07, 6.45) is 1.02. The number of nitrogens with one attached hydrogen (secondary N) is 1. The number of hydrogen-bond acceptors (Lipinski definition) is 4. The van der Waals surface area contributed by atoms with Gasteiger partial charge in [-0.15, -0.1) is 0 Å². The molecule has 1 amide bonds. The molecule has 0 bridgehead atoms. The van der Waals surface area contributed by atoms with Crippen LogP contribution in [0.5, 0.6) is 0 Å². The Hall–Kier alpha value is -3.09. The lowest BCUT2D eigenvalue weighted by molar-refractivity contribution is -0.120. The molecule has 0 aliphatic carbocycles. The molecule has 0 aliphatic rings. The highest BCUT2D eigenvalue weighted by atomic mass is 16.7. The molecule has 7 heteroatoms. The number of carboxylic acid groups (broad SMARTS) is 1. The molecule has 1 aromatic carbocycles. The van der Waals surface area contributed by atoms with Crippen LogP contribution >= 0.6 is 0 Å². The van der Waals surface area contributed by atoms with Crippen LogP contribution in [-0.4, -0.2) is 28.3 Å². The minimum Gasteiger partial charge on any atom is -0.478 e. The molecule has 0 radical (unpaired) electrons. The summed E-state index contributed by atoms with van der Waals surface area (Å²) in [5, 5.41) is 11.5. The molecular formula is C15H14N2O5. The zero-order valence-electron chi connectivity index (χ0n) is 11.8. The van der Waals surface area contributed by atoms with E-state index in [1.165, 1.54) is 0 Å². The van der Waals surface area contributed by atoms with Crippen LogP contribution in [0.1, 0.15) is 15.9 Å². The molecule has 7 nitrogen and oxygen atoms in total. The number of amides is 1. The maximum atomic E-state index is 11.8. The average molecular weight is 302 g/mol. The number of aromatic nitrogens is 1. The molecule has 2 N–H and O–H groups in total. The summed E-state index contributed by atoms with van der Waals surface area (Å²) < 4.78 is 0.723. The molecule has 1 heterocycles. The Balaban J connectivity index is 2.02. The molecule has 0 unspecified atom stereocenters. The smallest absolute Gasteiger partial charge is 0.337 e. The van der Waals surface area contributed by atoms with Gasteiger partial charge in [-0.1, -0.05) is 18.2 Å². The standard InChI is InChI=1S/C15H14N2O5/c1-10-4-2-3-5-12(10)16-13(18)9-22-17-8-11(15(20)21)6-7-14(17)19/h2-8H,9H2,1H3,(H,16,18)(H,20,21). The van der Waals surface area contributed by atoms with E-state index in [1.54, 1.807) is 12.1 Å². The molecule has 0 spiro atoms. The predicted molar refractivity (Wildman–Crippen MR) is 78.9 cm³/mol. The minimum absolute atomic E-state index is 0.112. The van der Waals surface area contributed by atoms with Crippen LogP contribution < -0.4 is 15.7 Å². The fourth-order valence-electron chi connectivity index (χ4n) is 1.72. The van der Waals surface area contributed by atoms with E-state index in [0.717, 1.165) is 28.6 Å². The molecular weight excluding hydrogens is 288 g/mol. The summed E-state index contributed by atoms with van der Waals surface area (Å²) in [6, 6.07) is 9.44. The SMILES string of the molecule is Cc1ccccc1NC(=O)COn1cc(C(=O)O)ccc1=O. The minimum atomic E-state index is -1.19. The molecule has 0 fully saturated rings. The van der Waals surface area contributed by atoms with Crippen LogP contribution in [0.4, 0.5) is 5.69 Å². The second-order valence-corrected chi connectivity index (χ2v) is 4.52. The van der Waals surface area contributed by atoms with Crippen molar-refractivity contribution < 1.29 is 19.5 Å². The fourth-order valence-corrected chi connectivity index (χ4v) is 1.72. The molecule has 0 atom stereocenters. The lowest BCUT2D eigenvalue weighted by Gasteiger charge is -2.10. The molecule has 1 aromatic heterocycles. The summed E-state index contributed by atoms with van der Waals surface area (Å²) in [5.41, 5.74) is 0.858. The van der Waals surface area contributed by atoms with Crippen LogP contribution in [0.2, 0.25) is 0 Å². The van der Waals surface area contributed by atoms with E-state index in [0.29, 0.717) is 5.69 Å². The first-order chi connectivity index (χ1) is 10.5. The molecule has 0 saturated heterocycles. The van der Waals surface area contributed by atoms with Gasteiger partial charge in [-0.05, 0) is 24.6 Å². The Labute approximate surface area is 125 Å². The second kappa shape index (κ2) is 6.57. The Morgan fingerprint density at radius 1 is 1.23 bits per heavy atom. The van der Waals surface area contributed by atoms with E-state index >= 15 is 0 Å². The van der Waals surface area contributed by atoms with Gasteiger partial charge in [0.25, 0.3) is 11.5 Å². The fraction of sp³-hybridized carbons (Fsp3) is 0.133. The van der Waals surface area contributed by atoms with Crippen molar-refractivity contribution in [1.82, 2.24) is 4.73 Å². The molecule has 22 heavy (non-hydrogen) atoms. The maximum Gasteiger partial charge on any atom is 0.337 e. The number of nitrogens with zero attached hydrogens (tertiary/aromatic N) is 1. The summed E-state index contributed by atoms with van der Waals surface area (Å²) in [5.74, 6) is -1.65. The van der Waals surface area contributed by atoms with Crippen molar-refractivity contribution in [1.29, 1.82) is 0 Å². The molecule has 2 aromatic rings.